The lowest BCUT2D eigenvalue weighted by molar-refractivity contribution is -0.122. The van der Waals surface area contributed by atoms with E-state index in [0.717, 1.165) is 36.9 Å². The van der Waals surface area contributed by atoms with Crippen molar-refractivity contribution < 1.29 is 13.2 Å². The molecule has 0 saturated carbocycles. The predicted molar refractivity (Wildman–Crippen MR) is 179 cm³/mol. The van der Waals surface area contributed by atoms with Gasteiger partial charge in [0.2, 0.25) is 10.0 Å². The molecule has 2 aliphatic rings. The SMILES string of the molecule is CCCCCCCN1C(=O)/C(=C\c2cn(-c3ccccc3)nc2-c2cccc(S(=O)(=O)N3CC(C)CC(C)C3)c2)SC1=S. The van der Waals surface area contributed by atoms with Crippen LogP contribution >= 0.6 is 24.0 Å². The minimum Gasteiger partial charge on any atom is -0.293 e. The second-order valence-electron chi connectivity index (χ2n) is 11.8. The molecule has 228 valence electrons. The minimum absolute atomic E-state index is 0.0893. The molecule has 2 saturated heterocycles. The number of piperidine rings is 1. The average Bonchev–Trinajstić information content (AvgIpc) is 3.53. The summed E-state index contributed by atoms with van der Waals surface area (Å²) in [7, 11) is -3.68. The number of hydrogen-bond donors (Lipinski definition) is 0. The zero-order chi connectivity index (χ0) is 30.6. The fourth-order valence-corrected chi connectivity index (χ4v) is 8.92. The van der Waals surface area contributed by atoms with Gasteiger partial charge in [-0.05, 0) is 55.0 Å². The molecular weight excluding hydrogens is 597 g/mol. The van der Waals surface area contributed by atoms with Crippen LogP contribution in [0.2, 0.25) is 0 Å². The van der Waals surface area contributed by atoms with Crippen LogP contribution in [0.4, 0.5) is 0 Å². The van der Waals surface area contributed by atoms with E-state index in [9.17, 15) is 13.2 Å². The average molecular weight is 637 g/mol. The van der Waals surface area contributed by atoms with Crippen LogP contribution in [-0.4, -0.2) is 57.3 Å². The molecule has 1 amide bonds. The molecule has 2 aromatic carbocycles. The van der Waals surface area contributed by atoms with Crippen LogP contribution in [0, 0.1) is 11.8 Å². The van der Waals surface area contributed by atoms with Crippen LogP contribution in [-0.2, 0) is 14.8 Å². The molecule has 7 nitrogen and oxygen atoms in total. The van der Waals surface area contributed by atoms with Crippen LogP contribution in [0.25, 0.3) is 23.0 Å². The lowest BCUT2D eigenvalue weighted by atomic mass is 9.94. The molecule has 0 aliphatic carbocycles. The van der Waals surface area contributed by atoms with Crippen LogP contribution in [0.3, 0.4) is 0 Å². The van der Waals surface area contributed by atoms with Gasteiger partial charge >= 0.3 is 0 Å². The molecule has 2 fully saturated rings. The number of carbonyl (C=O) groups is 1. The van der Waals surface area contributed by atoms with Gasteiger partial charge in [0.1, 0.15) is 10.0 Å². The number of amides is 1. The van der Waals surface area contributed by atoms with Crippen LogP contribution in [0.5, 0.6) is 0 Å². The van der Waals surface area contributed by atoms with Gasteiger partial charge in [-0.1, -0.05) is 101 Å². The smallest absolute Gasteiger partial charge is 0.266 e. The maximum Gasteiger partial charge on any atom is 0.266 e. The second kappa shape index (κ2) is 13.9. The van der Waals surface area contributed by atoms with Crippen LogP contribution in [0.15, 0.2) is 70.6 Å². The highest BCUT2D eigenvalue weighted by Gasteiger charge is 2.33. The first-order valence-corrected chi connectivity index (χ1v) is 17.8. The Morgan fingerprint density at radius 2 is 1.72 bits per heavy atom. The normalized spacial score (nSPS) is 20.8. The molecule has 10 heteroatoms. The van der Waals surface area contributed by atoms with Crippen molar-refractivity contribution >= 4 is 50.3 Å². The Balaban J connectivity index is 1.48. The van der Waals surface area contributed by atoms with Crippen molar-refractivity contribution in [2.24, 2.45) is 11.8 Å². The number of unbranched alkanes of at least 4 members (excludes halogenated alkanes) is 4. The molecule has 2 atom stereocenters. The Morgan fingerprint density at radius 3 is 2.44 bits per heavy atom. The molecule has 0 radical (unpaired) electrons. The number of aromatic nitrogens is 2. The monoisotopic (exact) mass is 636 g/mol. The summed E-state index contributed by atoms with van der Waals surface area (Å²) >= 11 is 6.90. The number of para-hydroxylation sites is 1. The largest absolute Gasteiger partial charge is 0.293 e. The summed E-state index contributed by atoms with van der Waals surface area (Å²) in [4.78, 5) is 15.9. The van der Waals surface area contributed by atoms with Gasteiger partial charge in [0, 0.05) is 37.0 Å². The van der Waals surface area contributed by atoms with E-state index >= 15 is 0 Å². The van der Waals surface area contributed by atoms with Gasteiger partial charge in [0.25, 0.3) is 5.91 Å². The first kappa shape index (κ1) is 31.6. The highest BCUT2D eigenvalue weighted by Crippen LogP contribution is 2.36. The van der Waals surface area contributed by atoms with Crippen molar-refractivity contribution in [1.29, 1.82) is 0 Å². The van der Waals surface area contributed by atoms with E-state index in [-0.39, 0.29) is 10.8 Å². The zero-order valence-corrected chi connectivity index (χ0v) is 27.6. The molecule has 1 aromatic heterocycles. The quantitative estimate of drug-likeness (QED) is 0.124. The van der Waals surface area contributed by atoms with Gasteiger partial charge in [0.05, 0.1) is 15.5 Å². The van der Waals surface area contributed by atoms with Crippen LogP contribution in [0.1, 0.15) is 64.9 Å². The van der Waals surface area contributed by atoms with E-state index in [4.69, 9.17) is 17.3 Å². The molecule has 0 spiro atoms. The number of sulfonamides is 1. The molecule has 5 rings (SSSR count). The van der Waals surface area contributed by atoms with Crippen molar-refractivity contribution in [2.45, 2.75) is 64.2 Å². The summed E-state index contributed by atoms with van der Waals surface area (Å²) in [5.41, 5.74) is 2.86. The summed E-state index contributed by atoms with van der Waals surface area (Å²) in [6.45, 7) is 8.05. The highest BCUT2D eigenvalue weighted by atomic mass is 32.2. The summed E-state index contributed by atoms with van der Waals surface area (Å²) in [6.07, 6.45) is 10.3. The van der Waals surface area contributed by atoms with Crippen molar-refractivity contribution in [3.05, 3.63) is 71.3 Å². The fraction of sp³-hybridized carbons (Fsp3) is 0.424. The van der Waals surface area contributed by atoms with Gasteiger partial charge in [-0.3, -0.25) is 9.69 Å². The third-order valence-electron chi connectivity index (χ3n) is 7.99. The third kappa shape index (κ3) is 7.30. The Morgan fingerprint density at radius 1 is 1.00 bits per heavy atom. The minimum atomic E-state index is -3.68. The number of rotatable bonds is 11. The van der Waals surface area contributed by atoms with E-state index < -0.39 is 10.0 Å². The number of thiocarbonyl (C=S) groups is 1. The number of hydrogen-bond acceptors (Lipinski definition) is 6. The lowest BCUT2D eigenvalue weighted by Gasteiger charge is -2.34. The maximum atomic E-state index is 13.7. The molecular formula is C33H40N4O3S3. The molecule has 3 heterocycles. The molecule has 3 aromatic rings. The third-order valence-corrected chi connectivity index (χ3v) is 11.2. The fourth-order valence-electron chi connectivity index (χ4n) is 5.89. The number of carbonyl (C=O) groups excluding carboxylic acids is 1. The first-order chi connectivity index (χ1) is 20.7. The van der Waals surface area contributed by atoms with E-state index in [1.165, 1.54) is 24.6 Å². The van der Waals surface area contributed by atoms with Crippen molar-refractivity contribution in [2.75, 3.05) is 19.6 Å². The Bertz CT molecular complexity index is 1590. The zero-order valence-electron chi connectivity index (χ0n) is 25.1. The van der Waals surface area contributed by atoms with E-state index in [2.05, 4.69) is 20.8 Å². The van der Waals surface area contributed by atoms with Gasteiger partial charge < -0.3 is 0 Å². The lowest BCUT2D eigenvalue weighted by Crippen LogP contribution is -2.42. The van der Waals surface area contributed by atoms with Crippen molar-refractivity contribution in [1.82, 2.24) is 19.0 Å². The standard InChI is InChI=1S/C33H40N4O3S3/c1-4-5-6-7-11-17-36-32(38)30(42-33(36)41)20-27-23-37(28-14-9-8-10-15-28)34-31(27)26-13-12-16-29(19-26)43(39,40)35-21-24(2)18-25(3)22-35/h8-10,12-16,19-20,23-25H,4-7,11,17-18,21-22H2,1-3H3/b30-20+. The summed E-state index contributed by atoms with van der Waals surface area (Å²) in [6, 6.07) is 16.7. The topological polar surface area (TPSA) is 75.5 Å². The van der Waals surface area contributed by atoms with Gasteiger partial charge in [-0.25, -0.2) is 13.1 Å². The molecule has 2 unspecified atom stereocenters. The molecule has 43 heavy (non-hydrogen) atoms. The van der Waals surface area contributed by atoms with Crippen molar-refractivity contribution in [3.8, 4) is 16.9 Å². The number of nitrogens with zero attached hydrogens (tertiary/aromatic N) is 4. The van der Waals surface area contributed by atoms with Crippen LogP contribution < -0.4 is 0 Å². The summed E-state index contributed by atoms with van der Waals surface area (Å²) < 4.78 is 31.4. The van der Waals surface area contributed by atoms with Gasteiger partial charge in [-0.2, -0.15) is 9.40 Å². The number of benzene rings is 2. The molecule has 2 aliphatic heterocycles. The second-order valence-corrected chi connectivity index (χ2v) is 15.4. The molecule has 0 bridgehead atoms. The van der Waals surface area contributed by atoms with E-state index in [1.807, 2.05) is 48.7 Å². The van der Waals surface area contributed by atoms with E-state index in [0.29, 0.717) is 52.0 Å². The number of thioether (sulfide) groups is 1. The maximum absolute atomic E-state index is 13.7. The van der Waals surface area contributed by atoms with Gasteiger partial charge in [0.15, 0.2) is 0 Å². The molecule has 0 N–H and O–H groups in total. The van der Waals surface area contributed by atoms with Gasteiger partial charge in [-0.15, -0.1) is 0 Å². The summed E-state index contributed by atoms with van der Waals surface area (Å²) in [5.74, 6) is 0.531. The highest BCUT2D eigenvalue weighted by molar-refractivity contribution is 8.26. The Hall–Kier alpha value is -2.79. The Kier molecular flexibility index (Phi) is 10.2. The predicted octanol–water partition coefficient (Wildman–Crippen LogP) is 7.38. The Labute approximate surface area is 265 Å². The van der Waals surface area contributed by atoms with Crippen molar-refractivity contribution in [3.63, 3.8) is 0 Å². The van der Waals surface area contributed by atoms with E-state index in [1.54, 1.807) is 32.1 Å². The first-order valence-electron chi connectivity index (χ1n) is 15.2. The summed E-state index contributed by atoms with van der Waals surface area (Å²) in [5, 5.41) is 4.89.